The van der Waals surface area contributed by atoms with Gasteiger partial charge in [-0.3, -0.25) is 4.79 Å². The summed E-state index contributed by atoms with van der Waals surface area (Å²) in [6.07, 6.45) is 4.29. The van der Waals surface area contributed by atoms with Gasteiger partial charge in [0.25, 0.3) is 11.4 Å². The van der Waals surface area contributed by atoms with E-state index in [4.69, 9.17) is 16.3 Å². The zero-order valence-electron chi connectivity index (χ0n) is 18.4. The number of methoxy groups -OCH3 is 1. The van der Waals surface area contributed by atoms with Crippen molar-refractivity contribution in [3.63, 3.8) is 0 Å². The number of aromatic nitrogens is 2. The molecule has 0 aliphatic carbocycles. The van der Waals surface area contributed by atoms with Gasteiger partial charge in [-0.2, -0.15) is 9.13 Å². The Morgan fingerprint density at radius 2 is 1.48 bits per heavy atom. The number of benzene rings is 1. The number of carbonyl (C=O) groups excluding carboxylic acids is 1. The first-order chi connectivity index (χ1) is 15.1. The minimum Gasteiger partial charge on any atom is -0.383 e. The maximum absolute atomic E-state index is 11.9. The van der Waals surface area contributed by atoms with E-state index in [1.165, 1.54) is 11.4 Å². The Bertz CT molecular complexity index is 973. The highest BCUT2D eigenvalue weighted by atomic mass is 35.5. The zero-order valence-corrected chi connectivity index (χ0v) is 19.2. The summed E-state index contributed by atoms with van der Waals surface area (Å²) in [6.45, 7) is 7.13. The number of aryl methyl sites for hydroxylation is 4. The van der Waals surface area contributed by atoms with E-state index in [1.54, 1.807) is 12.0 Å². The number of amides is 1. The van der Waals surface area contributed by atoms with Gasteiger partial charge >= 0.3 is 0 Å². The van der Waals surface area contributed by atoms with Crippen LogP contribution in [0.15, 0.2) is 67.0 Å². The van der Waals surface area contributed by atoms with Crippen LogP contribution in [0, 0.1) is 13.8 Å². The Morgan fingerprint density at radius 1 is 0.935 bits per heavy atom. The molecule has 0 fully saturated rings. The van der Waals surface area contributed by atoms with Gasteiger partial charge in [0.1, 0.15) is 5.88 Å². The number of ether oxygens (including phenoxy) is 1. The summed E-state index contributed by atoms with van der Waals surface area (Å²) in [5.74, 6) is -0.113. The van der Waals surface area contributed by atoms with Crippen LogP contribution in [-0.2, 0) is 22.6 Å². The zero-order chi connectivity index (χ0) is 22.2. The van der Waals surface area contributed by atoms with Gasteiger partial charge < -0.3 is 9.64 Å². The number of hydrogen-bond donors (Lipinski definition) is 0. The first-order valence-corrected chi connectivity index (χ1v) is 11.0. The first-order valence-electron chi connectivity index (χ1n) is 10.5. The third kappa shape index (κ3) is 5.49. The van der Waals surface area contributed by atoms with Crippen molar-refractivity contribution in [3.05, 3.63) is 78.1 Å². The molecule has 0 radical (unpaired) electrons. The van der Waals surface area contributed by atoms with Gasteiger partial charge in [-0.25, -0.2) is 0 Å². The molecule has 0 bridgehead atoms. The van der Waals surface area contributed by atoms with Crippen LogP contribution < -0.4 is 14.0 Å². The van der Waals surface area contributed by atoms with E-state index in [0.717, 1.165) is 29.9 Å². The maximum Gasteiger partial charge on any atom is 0.277 e. The number of alkyl halides is 1. The van der Waals surface area contributed by atoms with E-state index in [9.17, 15) is 4.79 Å². The first kappa shape index (κ1) is 22.9. The summed E-state index contributed by atoms with van der Waals surface area (Å²) in [5.41, 5.74) is 5.69. The van der Waals surface area contributed by atoms with Crippen LogP contribution in [0.2, 0.25) is 0 Å². The van der Waals surface area contributed by atoms with E-state index in [2.05, 4.69) is 57.9 Å². The van der Waals surface area contributed by atoms with Gasteiger partial charge in [0, 0.05) is 43.6 Å². The van der Waals surface area contributed by atoms with Gasteiger partial charge in [-0.15, -0.1) is 11.6 Å². The lowest BCUT2D eigenvalue weighted by Gasteiger charge is -2.25. The minimum atomic E-state index is -0.0962. The summed E-state index contributed by atoms with van der Waals surface area (Å²) in [6, 6.07) is 18.7. The van der Waals surface area contributed by atoms with Crippen molar-refractivity contribution in [3.8, 4) is 11.4 Å². The Labute approximate surface area is 189 Å². The SMILES string of the molecule is COCCN(C(=O)CCl)c1c(C)cccc1C.c1cc[n+]2c(c1)-c1cccc[n+]1CC2. The van der Waals surface area contributed by atoms with E-state index < -0.39 is 0 Å². The maximum atomic E-state index is 11.9. The van der Waals surface area contributed by atoms with E-state index in [0.29, 0.717) is 13.2 Å². The molecule has 0 saturated heterocycles. The van der Waals surface area contributed by atoms with Crippen molar-refractivity contribution in [2.45, 2.75) is 26.9 Å². The molecule has 0 N–H and O–H groups in total. The van der Waals surface area contributed by atoms with Crippen LogP contribution in [0.25, 0.3) is 11.4 Å². The topological polar surface area (TPSA) is 37.3 Å². The molecule has 1 amide bonds. The number of halogens is 1. The highest BCUT2D eigenvalue weighted by Gasteiger charge is 2.27. The van der Waals surface area contributed by atoms with Crippen molar-refractivity contribution in [1.29, 1.82) is 0 Å². The molecule has 0 spiro atoms. The third-order valence-corrected chi connectivity index (χ3v) is 5.60. The molecule has 0 atom stereocenters. The van der Waals surface area contributed by atoms with Crippen molar-refractivity contribution in [1.82, 2.24) is 0 Å². The average molecular weight is 440 g/mol. The molecule has 31 heavy (non-hydrogen) atoms. The monoisotopic (exact) mass is 439 g/mol. The second-order valence-corrected chi connectivity index (χ2v) is 7.74. The van der Waals surface area contributed by atoms with E-state index >= 15 is 0 Å². The normalized spacial score (nSPS) is 11.6. The standard InChI is InChI=1S/C13H18ClNO2.C12H12N2/c1-10-5-4-6-11(2)13(10)15(7-8-17-3)12(16)9-14;1-3-7-13-9-10-14-8-4-2-6-12(14)11(13)5-1/h4-6H,7-9H2,1-3H3;1-8H,9-10H2/q;+2. The van der Waals surface area contributed by atoms with E-state index in [-0.39, 0.29) is 11.8 Å². The second kappa shape index (κ2) is 11.0. The molecule has 5 nitrogen and oxygen atoms in total. The molecule has 3 heterocycles. The molecule has 1 aromatic carbocycles. The number of rotatable bonds is 5. The van der Waals surface area contributed by atoms with Gasteiger partial charge in [0.05, 0.1) is 6.61 Å². The van der Waals surface area contributed by atoms with Gasteiger partial charge in [0.2, 0.25) is 19.0 Å². The van der Waals surface area contributed by atoms with Crippen LogP contribution in [0.5, 0.6) is 0 Å². The fourth-order valence-corrected chi connectivity index (χ4v) is 4.01. The molecule has 3 aromatic rings. The number of carbonyl (C=O) groups is 1. The lowest BCUT2D eigenvalue weighted by molar-refractivity contribution is -0.794. The molecule has 0 unspecified atom stereocenters. The molecule has 2 aromatic heterocycles. The molecular weight excluding hydrogens is 410 g/mol. The van der Waals surface area contributed by atoms with Crippen molar-refractivity contribution in [2.75, 3.05) is 31.0 Å². The van der Waals surface area contributed by atoms with Crippen LogP contribution in [0.3, 0.4) is 0 Å². The summed E-state index contributed by atoms with van der Waals surface area (Å²) in [7, 11) is 1.62. The molecule has 4 rings (SSSR count). The Kier molecular flexibility index (Phi) is 8.15. The number of anilines is 1. The van der Waals surface area contributed by atoms with Crippen LogP contribution >= 0.6 is 11.6 Å². The van der Waals surface area contributed by atoms with Gasteiger partial charge in [-0.05, 0) is 37.1 Å². The van der Waals surface area contributed by atoms with Crippen molar-refractivity contribution in [2.24, 2.45) is 0 Å². The molecule has 162 valence electrons. The summed E-state index contributed by atoms with van der Waals surface area (Å²) in [4.78, 5) is 13.6. The van der Waals surface area contributed by atoms with Crippen LogP contribution in [-0.4, -0.2) is 32.0 Å². The Hall–Kier alpha value is -2.76. The average Bonchev–Trinajstić information content (AvgIpc) is 2.81. The van der Waals surface area contributed by atoms with Crippen molar-refractivity contribution < 1.29 is 18.7 Å². The largest absolute Gasteiger partial charge is 0.383 e. The summed E-state index contributed by atoms with van der Waals surface area (Å²) in [5, 5.41) is 0. The van der Waals surface area contributed by atoms with Crippen LogP contribution in [0.1, 0.15) is 11.1 Å². The fourth-order valence-electron chi connectivity index (χ4n) is 3.87. The predicted molar refractivity (Wildman–Crippen MR) is 123 cm³/mol. The lowest BCUT2D eigenvalue weighted by Crippen LogP contribution is -2.52. The summed E-state index contributed by atoms with van der Waals surface area (Å²) < 4.78 is 9.63. The quantitative estimate of drug-likeness (QED) is 0.451. The number of fused-ring (bicyclic) bond motifs is 3. The fraction of sp³-hybridized carbons (Fsp3) is 0.320. The number of para-hydroxylation sites is 1. The minimum absolute atomic E-state index is 0.0164. The van der Waals surface area contributed by atoms with Gasteiger partial charge in [0.15, 0.2) is 12.4 Å². The molecule has 6 heteroatoms. The number of hydrogen-bond acceptors (Lipinski definition) is 2. The molecule has 1 aliphatic heterocycles. The Balaban J connectivity index is 0.000000178. The number of nitrogens with zero attached hydrogens (tertiary/aromatic N) is 3. The lowest BCUT2D eigenvalue weighted by atomic mass is 10.1. The smallest absolute Gasteiger partial charge is 0.277 e. The number of pyridine rings is 2. The highest BCUT2D eigenvalue weighted by Crippen LogP contribution is 2.24. The third-order valence-electron chi connectivity index (χ3n) is 5.37. The van der Waals surface area contributed by atoms with Crippen LogP contribution in [0.4, 0.5) is 5.69 Å². The van der Waals surface area contributed by atoms with Gasteiger partial charge in [-0.1, -0.05) is 18.2 Å². The van der Waals surface area contributed by atoms with E-state index in [1.807, 2.05) is 32.0 Å². The highest BCUT2D eigenvalue weighted by molar-refractivity contribution is 6.29. The summed E-state index contributed by atoms with van der Waals surface area (Å²) >= 11 is 5.65. The molecular formula is C25H30ClN3O2+2. The molecule has 0 saturated carbocycles. The second-order valence-electron chi connectivity index (χ2n) is 7.47. The predicted octanol–water partition coefficient (Wildman–Crippen LogP) is 3.46. The van der Waals surface area contributed by atoms with Crippen molar-refractivity contribution >= 4 is 23.2 Å². The Morgan fingerprint density at radius 3 is 1.97 bits per heavy atom. The molecule has 1 aliphatic rings.